The van der Waals surface area contributed by atoms with Crippen LogP contribution < -0.4 is 0 Å². The molecule has 0 bridgehead atoms. The summed E-state index contributed by atoms with van der Waals surface area (Å²) >= 11 is 6.39. The number of esters is 1. The van der Waals surface area contributed by atoms with Gasteiger partial charge in [-0.25, -0.2) is 4.79 Å². The van der Waals surface area contributed by atoms with Gasteiger partial charge in [-0.3, -0.25) is 4.98 Å². The lowest BCUT2D eigenvalue weighted by atomic mass is 9.99. The number of aromatic hydroxyl groups is 2. The number of allylic oxidation sites excluding steroid dienone is 3. The zero-order valence-electron chi connectivity index (χ0n) is 22.1. The molecule has 3 unspecified atom stereocenters. The summed E-state index contributed by atoms with van der Waals surface area (Å²) in [6.07, 6.45) is 12.7. The van der Waals surface area contributed by atoms with Crippen molar-refractivity contribution in [3.63, 3.8) is 0 Å². The lowest BCUT2D eigenvalue weighted by molar-refractivity contribution is 0.0306. The van der Waals surface area contributed by atoms with Crippen molar-refractivity contribution >= 4 is 23.3 Å². The Morgan fingerprint density at radius 1 is 1.21 bits per heavy atom. The molecule has 2 N–H and O–H groups in total. The molecule has 208 valence electrons. The Morgan fingerprint density at radius 3 is 2.79 bits per heavy atom. The molecular formula is C29H34ClN3O6. The van der Waals surface area contributed by atoms with Crippen molar-refractivity contribution in [2.75, 3.05) is 20.2 Å². The molecule has 10 heteroatoms. The molecule has 1 saturated heterocycles. The fraction of sp³-hybridized carbons (Fsp3) is 0.414. The topological polar surface area (TPSA) is 117 Å². The molecule has 2 aromatic rings. The van der Waals surface area contributed by atoms with E-state index < -0.39 is 17.8 Å². The number of ether oxygens (including phenoxy) is 2. The van der Waals surface area contributed by atoms with Crippen LogP contribution in [-0.4, -0.2) is 70.3 Å². The van der Waals surface area contributed by atoms with Crippen molar-refractivity contribution in [1.82, 2.24) is 9.88 Å². The fourth-order valence-corrected chi connectivity index (χ4v) is 4.62. The Bertz CT molecular complexity index is 1230. The summed E-state index contributed by atoms with van der Waals surface area (Å²) < 4.78 is 11.2. The smallest absolute Gasteiger partial charge is 0.342 e. The number of hydrogen-bond acceptors (Lipinski definition) is 9. The monoisotopic (exact) mass is 555 g/mol. The molecule has 3 heterocycles. The highest BCUT2D eigenvalue weighted by Crippen LogP contribution is 2.38. The van der Waals surface area contributed by atoms with E-state index in [1.165, 1.54) is 5.56 Å². The Morgan fingerprint density at radius 2 is 2.00 bits per heavy atom. The number of carbonyl (C=O) groups is 1. The number of halogens is 1. The summed E-state index contributed by atoms with van der Waals surface area (Å²) in [5.41, 5.74) is 1.76. The van der Waals surface area contributed by atoms with E-state index in [1.54, 1.807) is 31.5 Å². The lowest BCUT2D eigenvalue weighted by Crippen LogP contribution is -2.20. The molecule has 2 aliphatic rings. The van der Waals surface area contributed by atoms with Crippen molar-refractivity contribution in [1.29, 1.82) is 0 Å². The van der Waals surface area contributed by atoms with Gasteiger partial charge in [-0.2, -0.15) is 0 Å². The number of oxime groups is 1. The van der Waals surface area contributed by atoms with Gasteiger partial charge in [-0.05, 0) is 62.7 Å². The first-order valence-electron chi connectivity index (χ1n) is 13.0. The van der Waals surface area contributed by atoms with Crippen LogP contribution in [0.25, 0.3) is 0 Å². The van der Waals surface area contributed by atoms with E-state index in [-0.39, 0.29) is 40.5 Å². The maximum Gasteiger partial charge on any atom is 0.342 e. The number of unbranched alkanes of at least 4 members (excludes halogenated alkanes) is 1. The molecule has 0 radical (unpaired) electrons. The van der Waals surface area contributed by atoms with Gasteiger partial charge in [0.05, 0.1) is 16.8 Å². The SMILES string of the molecule is CC1CC2OC2/C=C/C=C/C(=N\OCCCCN(C)Cc2ccncc2)Cc2c(Cl)c(O)cc(O)c2C(=O)O1. The van der Waals surface area contributed by atoms with Gasteiger partial charge < -0.3 is 29.4 Å². The van der Waals surface area contributed by atoms with Crippen molar-refractivity contribution in [3.8, 4) is 11.5 Å². The van der Waals surface area contributed by atoms with Crippen LogP contribution in [0.1, 0.15) is 47.7 Å². The molecule has 39 heavy (non-hydrogen) atoms. The van der Waals surface area contributed by atoms with E-state index in [9.17, 15) is 15.0 Å². The highest BCUT2D eigenvalue weighted by Gasteiger charge is 2.38. The highest BCUT2D eigenvalue weighted by molar-refractivity contribution is 6.33. The van der Waals surface area contributed by atoms with Gasteiger partial charge in [0.2, 0.25) is 0 Å². The Hall–Kier alpha value is -3.40. The van der Waals surface area contributed by atoms with Crippen molar-refractivity contribution in [2.24, 2.45) is 5.16 Å². The largest absolute Gasteiger partial charge is 0.507 e. The zero-order chi connectivity index (χ0) is 27.8. The first kappa shape index (κ1) is 28.6. The summed E-state index contributed by atoms with van der Waals surface area (Å²) in [7, 11) is 2.07. The predicted octanol–water partition coefficient (Wildman–Crippen LogP) is 4.80. The molecule has 0 aliphatic carbocycles. The number of hydrogen-bond donors (Lipinski definition) is 2. The maximum atomic E-state index is 13.0. The van der Waals surface area contributed by atoms with Gasteiger partial charge in [0, 0.05) is 37.8 Å². The Kier molecular flexibility index (Phi) is 9.97. The molecule has 9 nitrogen and oxygen atoms in total. The van der Waals surface area contributed by atoms with E-state index in [0.29, 0.717) is 18.7 Å². The van der Waals surface area contributed by atoms with Gasteiger partial charge in [-0.1, -0.05) is 35.0 Å². The van der Waals surface area contributed by atoms with Crippen molar-refractivity contribution in [2.45, 2.75) is 57.5 Å². The number of carbonyl (C=O) groups excluding carboxylic acids is 1. The average Bonchev–Trinajstić information content (AvgIpc) is 3.63. The minimum Gasteiger partial charge on any atom is -0.507 e. The third-order valence-corrected chi connectivity index (χ3v) is 6.91. The summed E-state index contributed by atoms with van der Waals surface area (Å²) in [6.45, 7) is 3.92. The number of nitrogens with zero attached hydrogens (tertiary/aromatic N) is 3. The number of cyclic esters (lactones) is 1. The minimum atomic E-state index is -0.734. The van der Waals surface area contributed by atoms with E-state index in [1.807, 2.05) is 24.3 Å². The van der Waals surface area contributed by atoms with E-state index >= 15 is 0 Å². The highest BCUT2D eigenvalue weighted by atomic mass is 35.5. The summed E-state index contributed by atoms with van der Waals surface area (Å²) in [5, 5.41) is 25.0. The third kappa shape index (κ3) is 8.29. The fourth-order valence-electron chi connectivity index (χ4n) is 4.41. The van der Waals surface area contributed by atoms with Gasteiger partial charge >= 0.3 is 5.97 Å². The van der Waals surface area contributed by atoms with E-state index in [0.717, 1.165) is 32.0 Å². The van der Waals surface area contributed by atoms with Gasteiger partial charge in [0.15, 0.2) is 0 Å². The second-order valence-corrected chi connectivity index (χ2v) is 10.2. The van der Waals surface area contributed by atoms with E-state index in [4.69, 9.17) is 25.9 Å². The van der Waals surface area contributed by atoms with Crippen LogP contribution in [0.2, 0.25) is 5.02 Å². The summed E-state index contributed by atoms with van der Waals surface area (Å²) in [6, 6.07) is 5.05. The molecule has 3 atom stereocenters. The second kappa shape index (κ2) is 13.6. The normalized spacial score (nSPS) is 23.8. The zero-order valence-corrected chi connectivity index (χ0v) is 22.9. The number of fused-ring (bicyclic) bond motifs is 2. The van der Waals surface area contributed by atoms with Crippen LogP contribution >= 0.6 is 11.6 Å². The van der Waals surface area contributed by atoms with Gasteiger partial charge in [0.25, 0.3) is 0 Å². The lowest BCUT2D eigenvalue weighted by Gasteiger charge is -2.17. The van der Waals surface area contributed by atoms with Crippen LogP contribution in [0.5, 0.6) is 11.5 Å². The molecule has 0 amide bonds. The molecule has 2 aliphatic heterocycles. The predicted molar refractivity (Wildman–Crippen MR) is 148 cm³/mol. The average molecular weight is 556 g/mol. The maximum absolute atomic E-state index is 13.0. The molecule has 1 aromatic heterocycles. The Balaban J connectivity index is 1.43. The summed E-state index contributed by atoms with van der Waals surface area (Å²) in [5.74, 6) is -1.50. The first-order chi connectivity index (χ1) is 18.8. The van der Waals surface area contributed by atoms with E-state index in [2.05, 4.69) is 22.1 Å². The Labute approximate surface area is 233 Å². The van der Waals surface area contributed by atoms with Crippen LogP contribution in [0.4, 0.5) is 0 Å². The van der Waals surface area contributed by atoms with Gasteiger partial charge in [0.1, 0.15) is 35.9 Å². The summed E-state index contributed by atoms with van der Waals surface area (Å²) in [4.78, 5) is 24.9. The number of phenols is 2. The molecule has 4 rings (SSSR count). The first-order valence-corrected chi connectivity index (χ1v) is 13.4. The number of aromatic nitrogens is 1. The van der Waals surface area contributed by atoms with Crippen LogP contribution in [0.15, 0.2) is 60.1 Å². The standard InChI is InChI=1S/C29H34ClN3O6/c1-19-15-26-25(39-26)8-4-3-7-21(16-22-27(29(36)38-19)23(34)17-24(35)28(22)30)32-37-14-6-5-13-33(2)18-20-9-11-31-12-10-20/h3-4,7-12,17,19,25-26,34-35H,5-6,13-16,18H2,1-2H3/b7-3+,8-4+,32-21+. The number of epoxide rings is 1. The van der Waals surface area contributed by atoms with Crippen LogP contribution in [-0.2, 0) is 27.3 Å². The molecule has 1 aromatic carbocycles. The third-order valence-electron chi connectivity index (χ3n) is 6.49. The second-order valence-electron chi connectivity index (χ2n) is 9.81. The van der Waals surface area contributed by atoms with Crippen LogP contribution in [0.3, 0.4) is 0 Å². The van der Waals surface area contributed by atoms with Crippen molar-refractivity contribution < 1.29 is 29.3 Å². The van der Waals surface area contributed by atoms with Gasteiger partial charge in [-0.15, -0.1) is 0 Å². The minimum absolute atomic E-state index is 0.0289. The van der Waals surface area contributed by atoms with Crippen molar-refractivity contribution in [3.05, 3.63) is 76.6 Å². The molecular weight excluding hydrogens is 522 g/mol. The molecule has 0 saturated carbocycles. The number of benzene rings is 1. The number of phenolic OH excluding ortho intramolecular Hbond substituents is 2. The molecule has 1 fully saturated rings. The van der Waals surface area contributed by atoms with Crippen LogP contribution in [0, 0.1) is 0 Å². The molecule has 0 spiro atoms. The quantitative estimate of drug-likeness (QED) is 0.206. The number of pyridine rings is 1. The number of rotatable bonds is 8.